The standard InChI is InChI=1S/C15H20N6O/c1-2-19-5-7-20(8-6-19)14-4-3-12(9-13(14)15(16)22)21-10-17-18-11-21/h3-4,9-11H,2,5-8H2,1H3,(H2,16,22). The molecule has 1 aliphatic rings. The third-order valence-corrected chi connectivity index (χ3v) is 4.12. The highest BCUT2D eigenvalue weighted by Gasteiger charge is 2.20. The van der Waals surface area contributed by atoms with Crippen LogP contribution in [0, 0.1) is 0 Å². The summed E-state index contributed by atoms with van der Waals surface area (Å²) in [5.41, 5.74) is 7.85. The molecule has 1 fully saturated rings. The second kappa shape index (κ2) is 6.15. The van der Waals surface area contributed by atoms with Gasteiger partial charge in [-0.05, 0) is 24.7 Å². The number of carbonyl (C=O) groups excluding carboxylic acids is 1. The van der Waals surface area contributed by atoms with Gasteiger partial charge in [0.05, 0.1) is 5.56 Å². The Bertz CT molecular complexity index is 646. The van der Waals surface area contributed by atoms with E-state index < -0.39 is 5.91 Å². The van der Waals surface area contributed by atoms with Crippen LogP contribution < -0.4 is 10.6 Å². The van der Waals surface area contributed by atoms with Crippen LogP contribution in [0.25, 0.3) is 5.69 Å². The Labute approximate surface area is 129 Å². The molecule has 116 valence electrons. The van der Waals surface area contributed by atoms with Gasteiger partial charge in [0, 0.05) is 37.6 Å². The number of primary amides is 1. The van der Waals surface area contributed by atoms with Gasteiger partial charge in [0.25, 0.3) is 5.91 Å². The molecule has 1 aromatic heterocycles. The normalized spacial score (nSPS) is 16.0. The van der Waals surface area contributed by atoms with Crippen LogP contribution in [0.15, 0.2) is 30.9 Å². The third-order valence-electron chi connectivity index (χ3n) is 4.12. The fourth-order valence-corrected chi connectivity index (χ4v) is 2.80. The third kappa shape index (κ3) is 2.80. The number of carbonyl (C=O) groups is 1. The van der Waals surface area contributed by atoms with Crippen molar-refractivity contribution in [1.29, 1.82) is 0 Å². The molecule has 1 aromatic carbocycles. The van der Waals surface area contributed by atoms with Crippen LogP contribution in [0.5, 0.6) is 0 Å². The molecule has 0 spiro atoms. The van der Waals surface area contributed by atoms with Crippen molar-refractivity contribution in [3.63, 3.8) is 0 Å². The lowest BCUT2D eigenvalue weighted by Gasteiger charge is -2.36. The Morgan fingerprint density at radius 3 is 2.45 bits per heavy atom. The molecular weight excluding hydrogens is 280 g/mol. The maximum absolute atomic E-state index is 11.9. The number of aromatic nitrogens is 3. The van der Waals surface area contributed by atoms with Gasteiger partial charge in [-0.3, -0.25) is 9.36 Å². The van der Waals surface area contributed by atoms with Crippen molar-refractivity contribution in [3.05, 3.63) is 36.4 Å². The number of likely N-dealkylation sites (N-methyl/N-ethyl adjacent to an activating group) is 1. The molecule has 3 rings (SSSR count). The van der Waals surface area contributed by atoms with E-state index in [2.05, 4.69) is 26.9 Å². The van der Waals surface area contributed by atoms with E-state index >= 15 is 0 Å². The number of nitrogens with two attached hydrogens (primary N) is 1. The van der Waals surface area contributed by atoms with Crippen molar-refractivity contribution in [2.24, 2.45) is 5.73 Å². The maximum Gasteiger partial charge on any atom is 0.250 e. The zero-order valence-electron chi connectivity index (χ0n) is 12.6. The van der Waals surface area contributed by atoms with Gasteiger partial charge in [-0.2, -0.15) is 0 Å². The molecule has 1 aliphatic heterocycles. The van der Waals surface area contributed by atoms with Gasteiger partial charge in [0.1, 0.15) is 12.7 Å². The second-order valence-corrected chi connectivity index (χ2v) is 5.36. The van der Waals surface area contributed by atoms with Crippen molar-refractivity contribution >= 4 is 11.6 Å². The first-order chi connectivity index (χ1) is 10.7. The van der Waals surface area contributed by atoms with Crippen molar-refractivity contribution < 1.29 is 4.79 Å². The van der Waals surface area contributed by atoms with E-state index in [4.69, 9.17) is 5.73 Å². The van der Waals surface area contributed by atoms with Gasteiger partial charge in [-0.25, -0.2) is 0 Å². The van der Waals surface area contributed by atoms with Crippen molar-refractivity contribution in [2.75, 3.05) is 37.6 Å². The van der Waals surface area contributed by atoms with Crippen molar-refractivity contribution in [2.45, 2.75) is 6.92 Å². The van der Waals surface area contributed by atoms with Crippen LogP contribution in [-0.4, -0.2) is 58.3 Å². The minimum Gasteiger partial charge on any atom is -0.368 e. The number of amides is 1. The van der Waals surface area contributed by atoms with Crippen molar-refractivity contribution in [1.82, 2.24) is 19.7 Å². The molecule has 0 atom stereocenters. The summed E-state index contributed by atoms with van der Waals surface area (Å²) in [6, 6.07) is 5.71. The Kier molecular flexibility index (Phi) is 4.06. The van der Waals surface area contributed by atoms with E-state index in [9.17, 15) is 4.79 Å². The predicted octanol–water partition coefficient (Wildman–Crippen LogP) is 0.508. The average Bonchev–Trinajstić information content (AvgIpc) is 3.09. The Morgan fingerprint density at radius 2 is 1.86 bits per heavy atom. The summed E-state index contributed by atoms with van der Waals surface area (Å²) in [6.45, 7) is 7.03. The summed E-state index contributed by atoms with van der Waals surface area (Å²) in [4.78, 5) is 16.5. The highest BCUT2D eigenvalue weighted by molar-refractivity contribution is 5.99. The monoisotopic (exact) mass is 300 g/mol. The van der Waals surface area contributed by atoms with Gasteiger partial charge < -0.3 is 15.5 Å². The number of hydrogen-bond acceptors (Lipinski definition) is 5. The van der Waals surface area contributed by atoms with E-state index in [0.29, 0.717) is 5.56 Å². The molecule has 2 N–H and O–H groups in total. The Balaban J connectivity index is 1.90. The molecule has 0 aliphatic carbocycles. The van der Waals surface area contributed by atoms with Crippen LogP contribution in [-0.2, 0) is 0 Å². The van der Waals surface area contributed by atoms with E-state index in [1.807, 2.05) is 12.1 Å². The number of piperazine rings is 1. The fourth-order valence-electron chi connectivity index (χ4n) is 2.80. The summed E-state index contributed by atoms with van der Waals surface area (Å²) >= 11 is 0. The molecule has 2 aromatic rings. The molecule has 7 nitrogen and oxygen atoms in total. The van der Waals surface area contributed by atoms with E-state index in [-0.39, 0.29) is 0 Å². The van der Waals surface area contributed by atoms with Crippen LogP contribution in [0.2, 0.25) is 0 Å². The molecule has 0 bridgehead atoms. The molecule has 22 heavy (non-hydrogen) atoms. The van der Waals surface area contributed by atoms with Crippen molar-refractivity contribution in [3.8, 4) is 5.69 Å². The highest BCUT2D eigenvalue weighted by Crippen LogP contribution is 2.24. The van der Waals surface area contributed by atoms with Crippen LogP contribution in [0.1, 0.15) is 17.3 Å². The zero-order chi connectivity index (χ0) is 15.5. The first-order valence-corrected chi connectivity index (χ1v) is 7.45. The molecule has 0 unspecified atom stereocenters. The van der Waals surface area contributed by atoms with Crippen LogP contribution in [0.3, 0.4) is 0 Å². The lowest BCUT2D eigenvalue weighted by molar-refractivity contribution is 0.100. The van der Waals surface area contributed by atoms with Crippen LogP contribution in [0.4, 0.5) is 5.69 Å². The molecule has 0 saturated carbocycles. The number of hydrogen-bond donors (Lipinski definition) is 1. The van der Waals surface area contributed by atoms with Crippen LogP contribution >= 0.6 is 0 Å². The van der Waals surface area contributed by atoms with Gasteiger partial charge >= 0.3 is 0 Å². The summed E-state index contributed by atoms with van der Waals surface area (Å²) < 4.78 is 1.76. The first-order valence-electron chi connectivity index (χ1n) is 7.45. The smallest absolute Gasteiger partial charge is 0.250 e. The molecule has 7 heteroatoms. The number of anilines is 1. The second-order valence-electron chi connectivity index (χ2n) is 5.36. The number of rotatable bonds is 4. The highest BCUT2D eigenvalue weighted by atomic mass is 16.1. The SMILES string of the molecule is CCN1CCN(c2ccc(-n3cnnc3)cc2C(N)=O)CC1. The van der Waals surface area contributed by atoms with E-state index in [0.717, 1.165) is 44.1 Å². The minimum absolute atomic E-state index is 0.414. The summed E-state index contributed by atoms with van der Waals surface area (Å²) in [5.74, 6) is -0.414. The molecular formula is C15H20N6O. The molecule has 1 saturated heterocycles. The van der Waals surface area contributed by atoms with Gasteiger partial charge in [-0.15, -0.1) is 10.2 Å². The summed E-state index contributed by atoms with van der Waals surface area (Å²) in [6.07, 6.45) is 3.19. The number of benzene rings is 1. The minimum atomic E-state index is -0.414. The topological polar surface area (TPSA) is 80.3 Å². The van der Waals surface area contributed by atoms with Gasteiger partial charge in [0.2, 0.25) is 0 Å². The van der Waals surface area contributed by atoms with Gasteiger partial charge in [-0.1, -0.05) is 6.92 Å². The molecule has 0 radical (unpaired) electrons. The Hall–Kier alpha value is -2.41. The lowest BCUT2D eigenvalue weighted by Crippen LogP contribution is -2.46. The van der Waals surface area contributed by atoms with E-state index in [1.165, 1.54) is 0 Å². The summed E-state index contributed by atoms with van der Waals surface area (Å²) in [5, 5.41) is 7.57. The Morgan fingerprint density at radius 1 is 1.18 bits per heavy atom. The zero-order valence-corrected chi connectivity index (χ0v) is 12.6. The quantitative estimate of drug-likeness (QED) is 0.890. The van der Waals surface area contributed by atoms with Gasteiger partial charge in [0.15, 0.2) is 0 Å². The average molecular weight is 300 g/mol. The summed E-state index contributed by atoms with van der Waals surface area (Å²) in [7, 11) is 0. The molecule has 1 amide bonds. The maximum atomic E-state index is 11.9. The predicted molar refractivity (Wildman–Crippen MR) is 84.2 cm³/mol. The van der Waals surface area contributed by atoms with E-state index in [1.54, 1.807) is 23.3 Å². The lowest BCUT2D eigenvalue weighted by atomic mass is 10.1. The number of nitrogens with zero attached hydrogens (tertiary/aromatic N) is 5. The molecule has 2 heterocycles. The fraction of sp³-hybridized carbons (Fsp3) is 0.400. The largest absolute Gasteiger partial charge is 0.368 e. The first kappa shape index (κ1) is 14.5.